The van der Waals surface area contributed by atoms with Gasteiger partial charge in [-0.3, -0.25) is 4.99 Å². The Bertz CT molecular complexity index is 350. The molecule has 0 atom stereocenters. The van der Waals surface area contributed by atoms with Crippen molar-refractivity contribution < 1.29 is 0 Å². The molecular weight excluding hydrogens is 208 g/mol. The molecule has 1 rings (SSSR count). The second-order valence-corrected chi connectivity index (χ2v) is 4.67. The first-order chi connectivity index (χ1) is 8.15. The Balaban J connectivity index is 2.75. The van der Waals surface area contributed by atoms with Gasteiger partial charge < -0.3 is 4.90 Å². The quantitative estimate of drug-likeness (QED) is 0.431. The van der Waals surface area contributed by atoms with E-state index in [2.05, 4.69) is 57.1 Å². The van der Waals surface area contributed by atoms with E-state index in [0.717, 1.165) is 12.4 Å². The first kappa shape index (κ1) is 13.8. The molecular formula is C15H24N2. The molecule has 0 aliphatic carbocycles. The normalized spacial score (nSPS) is 11.6. The summed E-state index contributed by atoms with van der Waals surface area (Å²) in [5.74, 6) is 1.08. The zero-order chi connectivity index (χ0) is 12.7. The minimum absolute atomic E-state index is 0.926. The third-order valence-corrected chi connectivity index (χ3v) is 2.76. The standard InChI is InChI=1S/C15H24N2/c1-5-6-7-12-16-15(17(3)4)14-10-8-13(2)9-11-14/h8-11H,5-7,12H2,1-4H3. The molecule has 17 heavy (non-hydrogen) atoms. The Morgan fingerprint density at radius 1 is 1.12 bits per heavy atom. The minimum Gasteiger partial charge on any atom is -0.363 e. The van der Waals surface area contributed by atoms with Crippen molar-refractivity contribution in [2.75, 3.05) is 20.6 Å². The van der Waals surface area contributed by atoms with E-state index in [1.807, 2.05) is 0 Å². The van der Waals surface area contributed by atoms with Crippen molar-refractivity contribution >= 4 is 5.84 Å². The highest BCUT2D eigenvalue weighted by atomic mass is 15.1. The van der Waals surface area contributed by atoms with Crippen molar-refractivity contribution in [3.05, 3.63) is 35.4 Å². The molecule has 0 saturated heterocycles. The Morgan fingerprint density at radius 2 is 1.76 bits per heavy atom. The number of nitrogens with zero attached hydrogens (tertiary/aromatic N) is 2. The summed E-state index contributed by atoms with van der Waals surface area (Å²) < 4.78 is 0. The lowest BCUT2D eigenvalue weighted by molar-refractivity contribution is 0.614. The van der Waals surface area contributed by atoms with Crippen LogP contribution < -0.4 is 0 Å². The summed E-state index contributed by atoms with van der Waals surface area (Å²) in [7, 11) is 4.11. The number of aryl methyl sites for hydroxylation is 1. The molecule has 0 aliphatic rings. The second kappa shape index (κ2) is 7.10. The first-order valence-corrected chi connectivity index (χ1v) is 6.44. The number of unbranched alkanes of at least 4 members (excludes halogenated alkanes) is 2. The summed E-state index contributed by atoms with van der Waals surface area (Å²) in [5, 5.41) is 0. The highest BCUT2D eigenvalue weighted by molar-refractivity contribution is 5.98. The second-order valence-electron chi connectivity index (χ2n) is 4.67. The number of benzene rings is 1. The Morgan fingerprint density at radius 3 is 2.29 bits per heavy atom. The van der Waals surface area contributed by atoms with E-state index in [1.54, 1.807) is 0 Å². The highest BCUT2D eigenvalue weighted by Crippen LogP contribution is 2.07. The van der Waals surface area contributed by atoms with Gasteiger partial charge in [0.2, 0.25) is 0 Å². The lowest BCUT2D eigenvalue weighted by Gasteiger charge is -2.16. The van der Waals surface area contributed by atoms with Gasteiger partial charge in [-0.25, -0.2) is 0 Å². The maximum absolute atomic E-state index is 4.70. The van der Waals surface area contributed by atoms with Crippen molar-refractivity contribution in [3.8, 4) is 0 Å². The van der Waals surface area contributed by atoms with Gasteiger partial charge in [0.25, 0.3) is 0 Å². The van der Waals surface area contributed by atoms with Gasteiger partial charge in [0.15, 0.2) is 0 Å². The van der Waals surface area contributed by atoms with E-state index in [4.69, 9.17) is 4.99 Å². The molecule has 0 aromatic heterocycles. The molecule has 2 heteroatoms. The van der Waals surface area contributed by atoms with Crippen LogP contribution in [0.2, 0.25) is 0 Å². The Kier molecular flexibility index (Phi) is 5.75. The van der Waals surface area contributed by atoms with E-state index >= 15 is 0 Å². The van der Waals surface area contributed by atoms with E-state index in [1.165, 1.54) is 30.4 Å². The first-order valence-electron chi connectivity index (χ1n) is 6.44. The molecule has 0 amide bonds. The summed E-state index contributed by atoms with van der Waals surface area (Å²) in [4.78, 5) is 6.80. The number of rotatable bonds is 5. The van der Waals surface area contributed by atoms with Crippen molar-refractivity contribution in [2.45, 2.75) is 33.1 Å². The van der Waals surface area contributed by atoms with Gasteiger partial charge in [0.05, 0.1) is 0 Å². The molecule has 0 heterocycles. The van der Waals surface area contributed by atoms with Crippen LogP contribution in [0.15, 0.2) is 29.3 Å². The molecule has 0 bridgehead atoms. The minimum atomic E-state index is 0.926. The maximum atomic E-state index is 4.70. The molecule has 2 nitrogen and oxygen atoms in total. The van der Waals surface area contributed by atoms with Crippen LogP contribution in [0.4, 0.5) is 0 Å². The zero-order valence-corrected chi connectivity index (χ0v) is 11.5. The van der Waals surface area contributed by atoms with Gasteiger partial charge in [0, 0.05) is 26.2 Å². The van der Waals surface area contributed by atoms with Crippen LogP contribution in [-0.2, 0) is 0 Å². The summed E-state index contributed by atoms with van der Waals surface area (Å²) >= 11 is 0. The average molecular weight is 232 g/mol. The van der Waals surface area contributed by atoms with Gasteiger partial charge in [-0.2, -0.15) is 0 Å². The molecule has 0 fully saturated rings. The van der Waals surface area contributed by atoms with Crippen LogP contribution in [0, 0.1) is 6.92 Å². The summed E-state index contributed by atoms with van der Waals surface area (Å²) in [6.07, 6.45) is 3.69. The van der Waals surface area contributed by atoms with E-state index < -0.39 is 0 Å². The van der Waals surface area contributed by atoms with Crippen LogP contribution in [0.25, 0.3) is 0 Å². The third kappa shape index (κ3) is 4.59. The van der Waals surface area contributed by atoms with Crippen LogP contribution in [0.5, 0.6) is 0 Å². The van der Waals surface area contributed by atoms with Gasteiger partial charge in [-0.05, 0) is 13.3 Å². The lowest BCUT2D eigenvalue weighted by Crippen LogP contribution is -2.23. The fourth-order valence-electron chi connectivity index (χ4n) is 1.74. The van der Waals surface area contributed by atoms with E-state index in [9.17, 15) is 0 Å². The van der Waals surface area contributed by atoms with Gasteiger partial charge in [-0.1, -0.05) is 49.6 Å². The largest absolute Gasteiger partial charge is 0.363 e. The van der Waals surface area contributed by atoms with Crippen LogP contribution >= 0.6 is 0 Å². The van der Waals surface area contributed by atoms with Crippen LogP contribution in [-0.4, -0.2) is 31.4 Å². The molecule has 0 radical (unpaired) electrons. The molecule has 0 saturated carbocycles. The fraction of sp³-hybridized carbons (Fsp3) is 0.533. The molecule has 94 valence electrons. The van der Waals surface area contributed by atoms with Crippen molar-refractivity contribution in [2.24, 2.45) is 4.99 Å². The Hall–Kier alpha value is -1.31. The van der Waals surface area contributed by atoms with E-state index in [-0.39, 0.29) is 0 Å². The SMILES string of the molecule is CCCCCN=C(c1ccc(C)cc1)N(C)C. The van der Waals surface area contributed by atoms with Gasteiger partial charge >= 0.3 is 0 Å². The van der Waals surface area contributed by atoms with Crippen molar-refractivity contribution in [1.82, 2.24) is 4.90 Å². The molecule has 0 N–H and O–H groups in total. The molecule has 0 unspecified atom stereocenters. The average Bonchev–Trinajstić information content (AvgIpc) is 2.30. The smallest absolute Gasteiger partial charge is 0.130 e. The van der Waals surface area contributed by atoms with Crippen LogP contribution in [0.1, 0.15) is 37.3 Å². The molecule has 1 aromatic rings. The molecule has 1 aromatic carbocycles. The number of hydrogen-bond donors (Lipinski definition) is 0. The Labute approximate surface area is 105 Å². The predicted octanol–water partition coefficient (Wildman–Crippen LogP) is 3.49. The molecule has 0 spiro atoms. The van der Waals surface area contributed by atoms with Crippen LogP contribution in [0.3, 0.4) is 0 Å². The number of amidine groups is 1. The lowest BCUT2D eigenvalue weighted by atomic mass is 10.1. The summed E-state index contributed by atoms with van der Waals surface area (Å²) in [6.45, 7) is 5.25. The maximum Gasteiger partial charge on any atom is 0.130 e. The monoisotopic (exact) mass is 232 g/mol. The fourth-order valence-corrected chi connectivity index (χ4v) is 1.74. The molecule has 0 aliphatic heterocycles. The topological polar surface area (TPSA) is 15.6 Å². The highest BCUT2D eigenvalue weighted by Gasteiger charge is 2.04. The summed E-state index contributed by atoms with van der Waals surface area (Å²) in [5.41, 5.74) is 2.50. The third-order valence-electron chi connectivity index (χ3n) is 2.76. The van der Waals surface area contributed by atoms with E-state index in [0.29, 0.717) is 0 Å². The van der Waals surface area contributed by atoms with Crippen molar-refractivity contribution in [3.63, 3.8) is 0 Å². The van der Waals surface area contributed by atoms with Crippen molar-refractivity contribution in [1.29, 1.82) is 0 Å². The summed E-state index contributed by atoms with van der Waals surface area (Å²) in [6, 6.07) is 8.57. The van der Waals surface area contributed by atoms with Gasteiger partial charge in [-0.15, -0.1) is 0 Å². The van der Waals surface area contributed by atoms with Gasteiger partial charge in [0.1, 0.15) is 5.84 Å². The number of hydrogen-bond acceptors (Lipinski definition) is 1. The number of aliphatic imine (C=N–C) groups is 1. The zero-order valence-electron chi connectivity index (χ0n) is 11.5. The predicted molar refractivity (Wildman–Crippen MR) is 75.8 cm³/mol.